The van der Waals surface area contributed by atoms with Gasteiger partial charge in [0.2, 0.25) is 5.95 Å². The van der Waals surface area contributed by atoms with E-state index in [4.69, 9.17) is 4.74 Å². The van der Waals surface area contributed by atoms with Crippen LogP contribution < -0.4 is 15.4 Å². The number of nitrogens with one attached hydrogen (secondary N) is 2. The van der Waals surface area contributed by atoms with Crippen molar-refractivity contribution in [2.24, 2.45) is 0 Å². The molecule has 2 aromatic carbocycles. The maximum Gasteiger partial charge on any atom is 0.421 e. The Bertz CT molecular complexity index is 1040. The number of nitrogens with zero attached hydrogens (tertiary/aromatic N) is 2. The highest BCUT2D eigenvalue weighted by Gasteiger charge is 2.35. The Morgan fingerprint density at radius 3 is 2.35 bits per heavy atom. The molecule has 8 heteroatoms. The lowest BCUT2D eigenvalue weighted by molar-refractivity contribution is -0.137. The summed E-state index contributed by atoms with van der Waals surface area (Å²) in [6, 6.07) is 14.6. The summed E-state index contributed by atoms with van der Waals surface area (Å²) in [6.07, 6.45) is 2.46. The molecule has 0 amide bonds. The van der Waals surface area contributed by atoms with Gasteiger partial charge in [-0.1, -0.05) is 51.3 Å². The van der Waals surface area contributed by atoms with Gasteiger partial charge in [-0.05, 0) is 49.1 Å². The summed E-state index contributed by atoms with van der Waals surface area (Å²) in [5, 5.41) is 5.78. The molecule has 0 unspecified atom stereocenters. The van der Waals surface area contributed by atoms with Crippen molar-refractivity contribution >= 4 is 23.1 Å². The van der Waals surface area contributed by atoms with Gasteiger partial charge in [0, 0.05) is 23.6 Å². The quantitative estimate of drug-likeness (QED) is 0.262. The van der Waals surface area contributed by atoms with Gasteiger partial charge in [0.05, 0.1) is 6.61 Å². The molecular weight excluding hydrogens is 441 g/mol. The molecule has 0 spiro atoms. The lowest BCUT2D eigenvalue weighted by Crippen LogP contribution is -2.12. The van der Waals surface area contributed by atoms with E-state index in [-0.39, 0.29) is 11.8 Å². The number of halogens is 3. The van der Waals surface area contributed by atoms with Crippen molar-refractivity contribution in [3.8, 4) is 5.75 Å². The molecule has 1 heterocycles. The van der Waals surface area contributed by atoms with Gasteiger partial charge in [0.15, 0.2) is 0 Å². The predicted molar refractivity (Wildman–Crippen MR) is 130 cm³/mol. The van der Waals surface area contributed by atoms with E-state index in [1.54, 1.807) is 24.3 Å². The second-order valence-electron chi connectivity index (χ2n) is 8.09. The van der Waals surface area contributed by atoms with Crippen LogP contribution in [0.1, 0.15) is 57.1 Å². The van der Waals surface area contributed by atoms with Gasteiger partial charge in [-0.15, -0.1) is 0 Å². The van der Waals surface area contributed by atoms with Crippen molar-refractivity contribution < 1.29 is 17.9 Å². The highest BCUT2D eigenvalue weighted by Crippen LogP contribution is 2.35. The molecule has 0 bridgehead atoms. The number of alkyl halides is 3. The lowest BCUT2D eigenvalue weighted by Gasteiger charge is -2.15. The molecule has 1 aromatic heterocycles. The lowest BCUT2D eigenvalue weighted by atomic mass is 10.1. The van der Waals surface area contributed by atoms with Gasteiger partial charge >= 0.3 is 6.18 Å². The minimum atomic E-state index is -4.60. The zero-order valence-corrected chi connectivity index (χ0v) is 19.6. The van der Waals surface area contributed by atoms with Crippen molar-refractivity contribution in [3.05, 3.63) is 65.9 Å². The van der Waals surface area contributed by atoms with Crippen molar-refractivity contribution in [1.29, 1.82) is 0 Å². The summed E-state index contributed by atoms with van der Waals surface area (Å²) in [4.78, 5) is 8.01. The Morgan fingerprint density at radius 1 is 0.882 bits per heavy atom. The minimum Gasteiger partial charge on any atom is -0.494 e. The Morgan fingerprint density at radius 2 is 1.65 bits per heavy atom. The zero-order valence-electron chi connectivity index (χ0n) is 19.6. The Kier molecular flexibility index (Phi) is 9.13. The molecule has 2 N–H and O–H groups in total. The highest BCUT2D eigenvalue weighted by molar-refractivity contribution is 5.64. The van der Waals surface area contributed by atoms with E-state index in [9.17, 15) is 13.2 Å². The second kappa shape index (κ2) is 12.3. The Balaban J connectivity index is 1.77. The maximum atomic E-state index is 13.6. The number of aryl methyl sites for hydroxylation is 1. The number of benzene rings is 2. The van der Waals surface area contributed by atoms with E-state index in [1.807, 2.05) is 24.3 Å². The molecule has 3 rings (SSSR count). The molecule has 182 valence electrons. The number of rotatable bonds is 12. The van der Waals surface area contributed by atoms with E-state index in [0.29, 0.717) is 23.7 Å². The van der Waals surface area contributed by atoms with Crippen LogP contribution in [0.15, 0.2) is 54.7 Å². The average Bonchev–Trinajstić information content (AvgIpc) is 2.81. The van der Waals surface area contributed by atoms with Gasteiger partial charge in [-0.2, -0.15) is 18.2 Å². The van der Waals surface area contributed by atoms with Crippen LogP contribution >= 0.6 is 0 Å². The molecule has 34 heavy (non-hydrogen) atoms. The number of unbranched alkanes of at least 4 members (excludes halogenated alkanes) is 3. The number of hydrogen-bond donors (Lipinski definition) is 2. The van der Waals surface area contributed by atoms with E-state index in [2.05, 4.69) is 34.4 Å². The molecule has 0 aliphatic carbocycles. The van der Waals surface area contributed by atoms with Crippen LogP contribution in [0.4, 0.5) is 36.3 Å². The normalized spacial score (nSPS) is 11.3. The molecule has 0 saturated heterocycles. The largest absolute Gasteiger partial charge is 0.494 e. The zero-order chi connectivity index (χ0) is 24.4. The van der Waals surface area contributed by atoms with E-state index in [0.717, 1.165) is 44.7 Å². The first-order chi connectivity index (χ1) is 16.4. The Hall–Kier alpha value is -3.29. The summed E-state index contributed by atoms with van der Waals surface area (Å²) < 4.78 is 46.5. The number of anilines is 4. The van der Waals surface area contributed by atoms with Crippen LogP contribution in [0.3, 0.4) is 0 Å². The highest BCUT2D eigenvalue weighted by atomic mass is 19.4. The Labute approximate surface area is 198 Å². The van der Waals surface area contributed by atoms with Crippen molar-refractivity contribution in [3.63, 3.8) is 0 Å². The maximum absolute atomic E-state index is 13.6. The fraction of sp³-hybridized carbons (Fsp3) is 0.385. The topological polar surface area (TPSA) is 59.1 Å². The van der Waals surface area contributed by atoms with Gasteiger partial charge in [-0.3, -0.25) is 0 Å². The number of ether oxygens (including phenoxy) is 1. The molecule has 0 atom stereocenters. The van der Waals surface area contributed by atoms with Crippen molar-refractivity contribution in [1.82, 2.24) is 9.97 Å². The summed E-state index contributed by atoms with van der Waals surface area (Å²) in [7, 11) is 0. The fourth-order valence-electron chi connectivity index (χ4n) is 3.35. The molecule has 0 aliphatic heterocycles. The summed E-state index contributed by atoms with van der Waals surface area (Å²) >= 11 is 0. The van der Waals surface area contributed by atoms with Crippen LogP contribution in [0.25, 0.3) is 0 Å². The first-order valence-corrected chi connectivity index (χ1v) is 11.7. The van der Waals surface area contributed by atoms with E-state index in [1.165, 1.54) is 5.56 Å². The van der Waals surface area contributed by atoms with Crippen molar-refractivity contribution in [2.75, 3.05) is 17.2 Å². The average molecular weight is 473 g/mol. The van der Waals surface area contributed by atoms with Gasteiger partial charge in [0.25, 0.3) is 0 Å². The fourth-order valence-corrected chi connectivity index (χ4v) is 3.35. The first kappa shape index (κ1) is 25.3. The third-order valence-electron chi connectivity index (χ3n) is 5.24. The number of aromatic nitrogens is 2. The standard InChI is InChI=1S/C26H31F3N4O/c1-3-5-7-16-34-22-11-8-10-21(17-22)31-24-23(26(27,28)29)18-30-25(33-24)32-20-14-12-19(13-15-20)9-6-4-2/h8,10-15,17-18H,3-7,9,16H2,1-2H3,(H2,30,31,32,33). The SMILES string of the molecule is CCCCCOc1cccc(Nc2nc(Nc3ccc(CCCC)cc3)ncc2C(F)(F)F)c1. The number of hydrogen-bond acceptors (Lipinski definition) is 5. The molecule has 0 saturated carbocycles. The van der Waals surface area contributed by atoms with Crippen LogP contribution in [-0.4, -0.2) is 16.6 Å². The second-order valence-corrected chi connectivity index (χ2v) is 8.09. The third kappa shape index (κ3) is 7.64. The molecule has 0 radical (unpaired) electrons. The van der Waals surface area contributed by atoms with Gasteiger partial charge in [-0.25, -0.2) is 4.98 Å². The van der Waals surface area contributed by atoms with E-state index < -0.39 is 11.7 Å². The van der Waals surface area contributed by atoms with Crippen LogP contribution in [0.5, 0.6) is 5.75 Å². The summed E-state index contributed by atoms with van der Waals surface area (Å²) in [6.45, 7) is 4.81. The van der Waals surface area contributed by atoms with E-state index >= 15 is 0 Å². The predicted octanol–water partition coefficient (Wildman–Crippen LogP) is 7.89. The monoisotopic (exact) mass is 472 g/mol. The molecule has 5 nitrogen and oxygen atoms in total. The van der Waals surface area contributed by atoms with Crippen molar-refractivity contribution in [2.45, 2.75) is 58.5 Å². The minimum absolute atomic E-state index is 0.0729. The van der Waals surface area contributed by atoms with Gasteiger partial charge in [0.1, 0.15) is 17.1 Å². The smallest absolute Gasteiger partial charge is 0.421 e. The van der Waals surface area contributed by atoms with Crippen LogP contribution in [0.2, 0.25) is 0 Å². The molecule has 0 aliphatic rings. The van der Waals surface area contributed by atoms with Crippen LogP contribution in [-0.2, 0) is 12.6 Å². The summed E-state index contributed by atoms with van der Waals surface area (Å²) in [5.41, 5.74) is 1.42. The third-order valence-corrected chi connectivity index (χ3v) is 5.24. The first-order valence-electron chi connectivity index (χ1n) is 11.7. The molecular formula is C26H31F3N4O. The van der Waals surface area contributed by atoms with Gasteiger partial charge < -0.3 is 15.4 Å². The molecule has 0 fully saturated rings. The van der Waals surface area contributed by atoms with Crippen LogP contribution in [0, 0.1) is 0 Å². The molecule has 3 aromatic rings. The summed E-state index contributed by atoms with van der Waals surface area (Å²) in [5.74, 6) is 0.335.